The third-order valence-electron chi connectivity index (χ3n) is 4.89. The molecule has 0 saturated carbocycles. The molecular weight excluding hydrogens is 332 g/mol. The van der Waals surface area contributed by atoms with Crippen LogP contribution in [-0.2, 0) is 21.3 Å². The van der Waals surface area contributed by atoms with Gasteiger partial charge in [0, 0.05) is 39.3 Å². The topological polar surface area (TPSA) is 87.9 Å². The van der Waals surface area contributed by atoms with Gasteiger partial charge in [0.1, 0.15) is 4.90 Å². The molecule has 0 spiro atoms. The van der Waals surface area contributed by atoms with E-state index in [-0.39, 0.29) is 11.4 Å². The second-order valence-electron chi connectivity index (χ2n) is 6.61. The molecule has 1 N–H and O–H groups in total. The summed E-state index contributed by atoms with van der Waals surface area (Å²) in [4.78, 5) is 2.37. The van der Waals surface area contributed by atoms with Crippen LogP contribution in [0.1, 0.15) is 19.0 Å². The number of sulfonamides is 1. The Morgan fingerprint density at radius 3 is 2.67 bits per heavy atom. The molecule has 0 amide bonds. The van der Waals surface area contributed by atoms with E-state index in [1.807, 2.05) is 6.92 Å². The van der Waals surface area contributed by atoms with E-state index >= 15 is 0 Å². The highest BCUT2D eigenvalue weighted by molar-refractivity contribution is 7.89. The number of hydrogen-bond donors (Lipinski definition) is 1. The monoisotopic (exact) mass is 358 g/mol. The van der Waals surface area contributed by atoms with Gasteiger partial charge < -0.3 is 9.84 Å². The van der Waals surface area contributed by atoms with Crippen molar-refractivity contribution >= 4 is 10.0 Å². The molecule has 0 radical (unpaired) electrons. The molecule has 0 aliphatic carbocycles. The number of rotatable bonds is 5. The van der Waals surface area contributed by atoms with Crippen molar-refractivity contribution in [2.45, 2.75) is 37.3 Å². The summed E-state index contributed by atoms with van der Waals surface area (Å²) in [5, 5.41) is 15.0. The summed E-state index contributed by atoms with van der Waals surface area (Å²) in [6.07, 6.45) is 1.86. The van der Waals surface area contributed by atoms with E-state index in [9.17, 15) is 13.5 Å². The Labute approximate surface area is 143 Å². The van der Waals surface area contributed by atoms with Crippen molar-refractivity contribution in [2.75, 3.05) is 45.9 Å². The zero-order valence-electron chi connectivity index (χ0n) is 14.3. The molecule has 8 nitrogen and oxygen atoms in total. The molecule has 24 heavy (non-hydrogen) atoms. The lowest BCUT2D eigenvalue weighted by atomic mass is 10.0. The SMILES string of the molecule is CCn1ncc(S(=O)(=O)N2CC[C@](O)(CN3CCOCC3)C2)c1C. The van der Waals surface area contributed by atoms with Crippen molar-refractivity contribution in [1.82, 2.24) is 19.0 Å². The van der Waals surface area contributed by atoms with Crippen molar-refractivity contribution in [3.8, 4) is 0 Å². The molecular formula is C15H26N4O4S. The molecule has 2 fully saturated rings. The van der Waals surface area contributed by atoms with Crippen molar-refractivity contribution in [3.63, 3.8) is 0 Å². The van der Waals surface area contributed by atoms with Gasteiger partial charge in [0.2, 0.25) is 10.0 Å². The molecule has 9 heteroatoms. The van der Waals surface area contributed by atoms with Gasteiger partial charge in [-0.1, -0.05) is 0 Å². The largest absolute Gasteiger partial charge is 0.387 e. The number of nitrogens with zero attached hydrogens (tertiary/aromatic N) is 4. The average molecular weight is 358 g/mol. The maximum Gasteiger partial charge on any atom is 0.246 e. The first-order chi connectivity index (χ1) is 11.4. The van der Waals surface area contributed by atoms with Crippen LogP contribution in [0.15, 0.2) is 11.1 Å². The van der Waals surface area contributed by atoms with Crippen LogP contribution in [-0.4, -0.2) is 84.0 Å². The molecule has 1 atom stereocenters. The number of morpholine rings is 1. The van der Waals surface area contributed by atoms with Gasteiger partial charge in [0.25, 0.3) is 0 Å². The van der Waals surface area contributed by atoms with Crippen LogP contribution in [0.25, 0.3) is 0 Å². The molecule has 2 aliphatic heterocycles. The van der Waals surface area contributed by atoms with Crippen molar-refractivity contribution < 1.29 is 18.3 Å². The van der Waals surface area contributed by atoms with E-state index in [2.05, 4.69) is 10.00 Å². The highest BCUT2D eigenvalue weighted by atomic mass is 32.2. The van der Waals surface area contributed by atoms with Crippen LogP contribution < -0.4 is 0 Å². The molecule has 136 valence electrons. The molecule has 3 rings (SSSR count). The Morgan fingerprint density at radius 1 is 1.33 bits per heavy atom. The van der Waals surface area contributed by atoms with E-state index in [1.54, 1.807) is 11.6 Å². The standard InChI is InChI=1S/C15H26N4O4S/c1-3-19-13(2)14(10-16-19)24(21,22)18-5-4-15(20,12-18)11-17-6-8-23-9-7-17/h10,20H,3-9,11-12H2,1-2H3/t15-/m0/s1. The van der Waals surface area contributed by atoms with Gasteiger partial charge in [0.15, 0.2) is 0 Å². The minimum Gasteiger partial charge on any atom is -0.387 e. The summed E-state index contributed by atoms with van der Waals surface area (Å²) in [7, 11) is -3.62. The summed E-state index contributed by atoms with van der Waals surface area (Å²) in [6, 6.07) is 0. The summed E-state index contributed by atoms with van der Waals surface area (Å²) < 4.78 is 34.2. The van der Waals surface area contributed by atoms with Gasteiger partial charge in [-0.05, 0) is 20.3 Å². The summed E-state index contributed by atoms with van der Waals surface area (Å²) >= 11 is 0. The fourth-order valence-electron chi connectivity index (χ4n) is 3.47. The normalized spacial score (nSPS) is 27.0. The second-order valence-corrected chi connectivity index (χ2v) is 8.52. The summed E-state index contributed by atoms with van der Waals surface area (Å²) in [5.41, 5.74) is -0.361. The Hall–Kier alpha value is -1.00. The number of β-amino-alcohol motifs (C(OH)–C–C–N with tert-alkyl or cyclic N) is 1. The first-order valence-electron chi connectivity index (χ1n) is 8.41. The maximum atomic E-state index is 12.9. The summed E-state index contributed by atoms with van der Waals surface area (Å²) in [5.74, 6) is 0. The maximum absolute atomic E-state index is 12.9. The molecule has 1 aromatic rings. The highest BCUT2D eigenvalue weighted by Gasteiger charge is 2.43. The molecule has 0 bridgehead atoms. The predicted octanol–water partition coefficient (Wildman–Crippen LogP) is -0.331. The zero-order chi connectivity index (χ0) is 17.4. The van der Waals surface area contributed by atoms with Crippen LogP contribution in [0.5, 0.6) is 0 Å². The van der Waals surface area contributed by atoms with Gasteiger partial charge >= 0.3 is 0 Å². The minimum atomic E-state index is -3.62. The predicted molar refractivity (Wildman–Crippen MR) is 88.2 cm³/mol. The third-order valence-corrected chi connectivity index (χ3v) is 6.84. The Kier molecular flexibility index (Phi) is 4.99. The van der Waals surface area contributed by atoms with Crippen LogP contribution >= 0.6 is 0 Å². The van der Waals surface area contributed by atoms with Crippen molar-refractivity contribution in [3.05, 3.63) is 11.9 Å². The Bertz CT molecular complexity index is 684. The molecule has 3 heterocycles. The lowest BCUT2D eigenvalue weighted by Crippen LogP contribution is -2.49. The lowest BCUT2D eigenvalue weighted by molar-refractivity contribution is -0.0239. The Balaban J connectivity index is 1.72. The smallest absolute Gasteiger partial charge is 0.246 e. The highest BCUT2D eigenvalue weighted by Crippen LogP contribution is 2.29. The lowest BCUT2D eigenvalue weighted by Gasteiger charge is -2.33. The van der Waals surface area contributed by atoms with E-state index in [1.165, 1.54) is 10.5 Å². The third kappa shape index (κ3) is 3.36. The first kappa shape index (κ1) is 17.8. The second kappa shape index (κ2) is 6.72. The molecule has 1 aromatic heterocycles. The number of aliphatic hydroxyl groups is 1. The van der Waals surface area contributed by atoms with Crippen molar-refractivity contribution in [1.29, 1.82) is 0 Å². The average Bonchev–Trinajstić information content (AvgIpc) is 3.12. The van der Waals surface area contributed by atoms with Crippen LogP contribution in [0.2, 0.25) is 0 Å². The van der Waals surface area contributed by atoms with E-state index in [0.717, 1.165) is 13.1 Å². The first-order valence-corrected chi connectivity index (χ1v) is 9.85. The van der Waals surface area contributed by atoms with Gasteiger partial charge in [-0.25, -0.2) is 8.42 Å². The fraction of sp³-hybridized carbons (Fsp3) is 0.800. The van der Waals surface area contributed by atoms with Gasteiger partial charge in [0.05, 0.1) is 30.7 Å². The molecule has 2 saturated heterocycles. The zero-order valence-corrected chi connectivity index (χ0v) is 15.1. The van der Waals surface area contributed by atoms with Gasteiger partial charge in [-0.2, -0.15) is 9.40 Å². The van der Waals surface area contributed by atoms with E-state index in [4.69, 9.17) is 4.74 Å². The number of ether oxygens (including phenoxy) is 1. The number of hydrogen-bond acceptors (Lipinski definition) is 6. The van der Waals surface area contributed by atoms with Crippen LogP contribution in [0.3, 0.4) is 0 Å². The van der Waals surface area contributed by atoms with Gasteiger partial charge in [-0.3, -0.25) is 9.58 Å². The summed E-state index contributed by atoms with van der Waals surface area (Å²) in [6.45, 7) is 8.13. The molecule has 2 aliphatic rings. The Morgan fingerprint density at radius 2 is 2.04 bits per heavy atom. The minimum absolute atomic E-state index is 0.128. The van der Waals surface area contributed by atoms with Crippen molar-refractivity contribution in [2.24, 2.45) is 0 Å². The number of aryl methyl sites for hydroxylation is 1. The quantitative estimate of drug-likeness (QED) is 0.775. The molecule has 0 aromatic carbocycles. The van der Waals surface area contributed by atoms with Gasteiger partial charge in [-0.15, -0.1) is 0 Å². The van der Waals surface area contributed by atoms with Crippen LogP contribution in [0, 0.1) is 6.92 Å². The van der Waals surface area contributed by atoms with E-state index in [0.29, 0.717) is 45.0 Å². The van der Waals surface area contributed by atoms with Crippen LogP contribution in [0.4, 0.5) is 0 Å². The molecule has 0 unspecified atom stereocenters. The number of aromatic nitrogens is 2. The fourth-order valence-corrected chi connectivity index (χ4v) is 5.15. The van der Waals surface area contributed by atoms with E-state index < -0.39 is 15.6 Å².